The van der Waals surface area contributed by atoms with Gasteiger partial charge in [-0.3, -0.25) is 9.79 Å². The summed E-state index contributed by atoms with van der Waals surface area (Å²) in [6, 6.07) is 0. The van der Waals surface area contributed by atoms with E-state index in [1.54, 1.807) is 7.05 Å². The average molecular weight is 139 g/mol. The van der Waals surface area contributed by atoms with Crippen LogP contribution in [0.25, 0.3) is 0 Å². The van der Waals surface area contributed by atoms with Gasteiger partial charge >= 0.3 is 0 Å². The van der Waals surface area contributed by atoms with Crippen molar-refractivity contribution in [2.24, 2.45) is 4.99 Å². The minimum absolute atomic E-state index is 0.264. The zero-order chi connectivity index (χ0) is 7.40. The largest absolute Gasteiger partial charge is 0.293 e. The van der Waals surface area contributed by atoms with Crippen molar-refractivity contribution in [1.29, 1.82) is 0 Å². The first-order chi connectivity index (χ1) is 4.84. The lowest BCUT2D eigenvalue weighted by atomic mass is 10.1. The summed E-state index contributed by atoms with van der Waals surface area (Å²) in [5, 5.41) is 0. The highest BCUT2D eigenvalue weighted by Crippen LogP contribution is 2.11. The molecule has 0 atom stereocenters. The van der Waals surface area contributed by atoms with Crippen LogP contribution in [0.5, 0.6) is 0 Å². The molecular formula is C8H13NO. The highest BCUT2D eigenvalue weighted by Gasteiger charge is 2.13. The molecule has 0 saturated heterocycles. The Morgan fingerprint density at radius 3 is 2.60 bits per heavy atom. The second-order valence-corrected chi connectivity index (χ2v) is 2.65. The van der Waals surface area contributed by atoms with E-state index in [1.165, 1.54) is 6.42 Å². The summed E-state index contributed by atoms with van der Waals surface area (Å²) in [7, 11) is 1.71. The number of aliphatic imine (C=N–C) groups is 1. The second-order valence-electron chi connectivity index (χ2n) is 2.65. The van der Waals surface area contributed by atoms with Crippen LogP contribution in [-0.2, 0) is 4.79 Å². The van der Waals surface area contributed by atoms with E-state index >= 15 is 0 Å². The number of Topliss-reactive ketones (excluding diaryl/α,β-unsaturated/α-hetero) is 1. The molecule has 0 aromatic carbocycles. The fourth-order valence-corrected chi connectivity index (χ4v) is 1.27. The number of hydrogen-bond donors (Lipinski definition) is 0. The van der Waals surface area contributed by atoms with Gasteiger partial charge < -0.3 is 0 Å². The molecule has 1 saturated carbocycles. The molecule has 0 spiro atoms. The van der Waals surface area contributed by atoms with Gasteiger partial charge in [-0.2, -0.15) is 0 Å². The fraction of sp³-hybridized carbons (Fsp3) is 0.750. The Kier molecular flexibility index (Phi) is 2.60. The minimum Gasteiger partial charge on any atom is -0.293 e. The van der Waals surface area contributed by atoms with Crippen molar-refractivity contribution in [2.45, 2.75) is 32.1 Å². The molecule has 0 radical (unpaired) electrons. The number of carbonyl (C=O) groups excluding carboxylic acids is 1. The van der Waals surface area contributed by atoms with Gasteiger partial charge in [0.25, 0.3) is 0 Å². The van der Waals surface area contributed by atoms with E-state index in [4.69, 9.17) is 0 Å². The lowest BCUT2D eigenvalue weighted by molar-refractivity contribution is -0.113. The Morgan fingerprint density at radius 1 is 1.20 bits per heavy atom. The van der Waals surface area contributed by atoms with E-state index in [-0.39, 0.29) is 5.78 Å². The Labute approximate surface area is 61.3 Å². The molecule has 1 aliphatic carbocycles. The quantitative estimate of drug-likeness (QED) is 0.468. The Morgan fingerprint density at radius 2 is 1.90 bits per heavy atom. The van der Waals surface area contributed by atoms with Gasteiger partial charge in [0.15, 0.2) is 5.78 Å². The number of hydrogen-bond acceptors (Lipinski definition) is 2. The maximum atomic E-state index is 11.1. The molecule has 0 N–H and O–H groups in total. The number of rotatable bonds is 0. The zero-order valence-electron chi connectivity index (χ0n) is 6.39. The van der Waals surface area contributed by atoms with Gasteiger partial charge in [0, 0.05) is 13.5 Å². The van der Waals surface area contributed by atoms with Crippen LogP contribution in [0.3, 0.4) is 0 Å². The van der Waals surface area contributed by atoms with Gasteiger partial charge in [-0.1, -0.05) is 6.42 Å². The molecule has 0 bridgehead atoms. The smallest absolute Gasteiger partial charge is 0.176 e. The summed E-state index contributed by atoms with van der Waals surface area (Å²) in [4.78, 5) is 15.1. The van der Waals surface area contributed by atoms with Gasteiger partial charge in [0.1, 0.15) is 0 Å². The summed E-state index contributed by atoms with van der Waals surface area (Å²) >= 11 is 0. The van der Waals surface area contributed by atoms with Crippen molar-refractivity contribution < 1.29 is 4.79 Å². The van der Waals surface area contributed by atoms with E-state index in [2.05, 4.69) is 4.99 Å². The first kappa shape index (κ1) is 7.45. The first-order valence-corrected chi connectivity index (χ1v) is 3.83. The molecular weight excluding hydrogens is 126 g/mol. The Hall–Kier alpha value is -0.660. The molecule has 2 nitrogen and oxygen atoms in total. The van der Waals surface area contributed by atoms with Crippen LogP contribution in [0.15, 0.2) is 4.99 Å². The summed E-state index contributed by atoms with van der Waals surface area (Å²) in [5.41, 5.74) is 0.803. The van der Waals surface area contributed by atoms with Crippen LogP contribution >= 0.6 is 0 Å². The number of nitrogens with zero attached hydrogens (tertiary/aromatic N) is 1. The van der Waals surface area contributed by atoms with Crippen LogP contribution in [0.2, 0.25) is 0 Å². The van der Waals surface area contributed by atoms with Crippen LogP contribution in [-0.4, -0.2) is 18.5 Å². The molecule has 0 aromatic heterocycles. The van der Waals surface area contributed by atoms with Crippen molar-refractivity contribution in [2.75, 3.05) is 7.05 Å². The standard InChI is InChI=1S/C8H13NO/c1-9-7-5-3-2-4-6-8(7)10/h2-6H2,1H3. The van der Waals surface area contributed by atoms with Crippen LogP contribution in [0, 0.1) is 0 Å². The number of ketones is 1. The van der Waals surface area contributed by atoms with E-state index in [0.29, 0.717) is 6.42 Å². The average Bonchev–Trinajstić information content (AvgIpc) is 2.13. The topological polar surface area (TPSA) is 29.4 Å². The SMILES string of the molecule is CN=C1CCCCCC1=O. The molecule has 56 valence electrons. The third kappa shape index (κ3) is 1.66. The van der Waals surface area contributed by atoms with Gasteiger partial charge in [0.2, 0.25) is 0 Å². The normalized spacial score (nSPS) is 24.9. The molecule has 2 heteroatoms. The fourth-order valence-electron chi connectivity index (χ4n) is 1.27. The first-order valence-electron chi connectivity index (χ1n) is 3.83. The third-order valence-corrected chi connectivity index (χ3v) is 1.91. The van der Waals surface area contributed by atoms with E-state index in [9.17, 15) is 4.79 Å². The van der Waals surface area contributed by atoms with Gasteiger partial charge in [-0.15, -0.1) is 0 Å². The molecule has 0 aliphatic heterocycles. The maximum Gasteiger partial charge on any atom is 0.176 e. The van der Waals surface area contributed by atoms with Gasteiger partial charge in [0.05, 0.1) is 5.71 Å². The minimum atomic E-state index is 0.264. The van der Waals surface area contributed by atoms with Crippen molar-refractivity contribution >= 4 is 11.5 Å². The van der Waals surface area contributed by atoms with Crippen LogP contribution in [0.4, 0.5) is 0 Å². The number of carbonyl (C=O) groups is 1. The molecule has 1 fully saturated rings. The molecule has 10 heavy (non-hydrogen) atoms. The second kappa shape index (κ2) is 3.49. The lowest BCUT2D eigenvalue weighted by Gasteiger charge is -1.95. The maximum absolute atomic E-state index is 11.1. The lowest BCUT2D eigenvalue weighted by Crippen LogP contribution is -2.10. The zero-order valence-corrected chi connectivity index (χ0v) is 6.39. The Balaban J connectivity index is 2.61. The van der Waals surface area contributed by atoms with Crippen molar-refractivity contribution in [1.82, 2.24) is 0 Å². The molecule has 1 aliphatic rings. The van der Waals surface area contributed by atoms with Crippen LogP contribution < -0.4 is 0 Å². The van der Waals surface area contributed by atoms with Gasteiger partial charge in [-0.25, -0.2) is 0 Å². The van der Waals surface area contributed by atoms with E-state index in [1.807, 2.05) is 0 Å². The highest BCUT2D eigenvalue weighted by atomic mass is 16.1. The summed E-state index contributed by atoms with van der Waals surface area (Å²) in [5.74, 6) is 0.264. The molecule has 0 amide bonds. The van der Waals surface area contributed by atoms with Crippen LogP contribution in [0.1, 0.15) is 32.1 Å². The van der Waals surface area contributed by atoms with E-state index < -0.39 is 0 Å². The third-order valence-electron chi connectivity index (χ3n) is 1.91. The molecule has 0 heterocycles. The summed E-state index contributed by atoms with van der Waals surface area (Å²) in [6.07, 6.45) is 4.99. The van der Waals surface area contributed by atoms with E-state index in [0.717, 1.165) is 25.0 Å². The monoisotopic (exact) mass is 139 g/mol. The van der Waals surface area contributed by atoms with Crippen molar-refractivity contribution in [3.05, 3.63) is 0 Å². The highest BCUT2D eigenvalue weighted by molar-refractivity contribution is 6.39. The molecule has 0 aromatic rings. The van der Waals surface area contributed by atoms with Gasteiger partial charge in [-0.05, 0) is 19.3 Å². The van der Waals surface area contributed by atoms with Crippen molar-refractivity contribution in [3.63, 3.8) is 0 Å². The predicted molar refractivity (Wildman–Crippen MR) is 41.5 cm³/mol. The summed E-state index contributed by atoms with van der Waals surface area (Å²) < 4.78 is 0. The summed E-state index contributed by atoms with van der Waals surface area (Å²) in [6.45, 7) is 0. The molecule has 1 rings (SSSR count). The Bertz CT molecular complexity index is 161. The van der Waals surface area contributed by atoms with Crippen molar-refractivity contribution in [3.8, 4) is 0 Å². The predicted octanol–water partition coefficient (Wildman–Crippen LogP) is 1.59. The molecule has 0 unspecified atom stereocenters.